The Labute approximate surface area is 111 Å². The summed E-state index contributed by atoms with van der Waals surface area (Å²) in [6.45, 7) is 8.24. The van der Waals surface area contributed by atoms with Crippen molar-refractivity contribution in [1.82, 2.24) is 10.6 Å². The molecular formula is C14H28N2O2. The molecule has 18 heavy (non-hydrogen) atoms. The van der Waals surface area contributed by atoms with Crippen molar-refractivity contribution in [3.05, 3.63) is 0 Å². The lowest BCUT2D eigenvalue weighted by Gasteiger charge is -2.33. The van der Waals surface area contributed by atoms with E-state index in [1.54, 1.807) is 0 Å². The first-order chi connectivity index (χ1) is 8.22. The van der Waals surface area contributed by atoms with Crippen LogP contribution in [0.3, 0.4) is 0 Å². The third-order valence-electron chi connectivity index (χ3n) is 3.41. The van der Waals surface area contributed by atoms with Crippen LogP contribution in [0.25, 0.3) is 0 Å². The van der Waals surface area contributed by atoms with Gasteiger partial charge in [-0.2, -0.15) is 0 Å². The molecule has 0 aliphatic heterocycles. The van der Waals surface area contributed by atoms with Crippen LogP contribution in [0.2, 0.25) is 0 Å². The van der Waals surface area contributed by atoms with E-state index in [0.717, 1.165) is 25.7 Å². The van der Waals surface area contributed by atoms with Crippen LogP contribution in [-0.4, -0.2) is 34.7 Å². The molecule has 1 aliphatic carbocycles. The number of aliphatic hydroxyl groups is 1. The molecule has 1 unspecified atom stereocenters. The van der Waals surface area contributed by atoms with E-state index in [2.05, 4.69) is 10.6 Å². The highest BCUT2D eigenvalue weighted by molar-refractivity contribution is 5.81. The van der Waals surface area contributed by atoms with E-state index in [9.17, 15) is 9.90 Å². The summed E-state index contributed by atoms with van der Waals surface area (Å²) in [5, 5.41) is 16.4. The van der Waals surface area contributed by atoms with Crippen molar-refractivity contribution in [2.24, 2.45) is 0 Å². The molecule has 1 rings (SSSR count). The maximum atomic E-state index is 11.9. The van der Waals surface area contributed by atoms with Gasteiger partial charge in [0.2, 0.25) is 5.91 Å². The molecule has 3 N–H and O–H groups in total. The van der Waals surface area contributed by atoms with Gasteiger partial charge in [-0.3, -0.25) is 4.79 Å². The number of amides is 1. The smallest absolute Gasteiger partial charge is 0.237 e. The Hall–Kier alpha value is -0.610. The van der Waals surface area contributed by atoms with Gasteiger partial charge in [0.25, 0.3) is 0 Å². The molecule has 0 aromatic carbocycles. The first-order valence-corrected chi connectivity index (χ1v) is 7.00. The van der Waals surface area contributed by atoms with Gasteiger partial charge >= 0.3 is 0 Å². The van der Waals surface area contributed by atoms with E-state index in [0.29, 0.717) is 6.54 Å². The quantitative estimate of drug-likeness (QED) is 0.715. The molecule has 106 valence electrons. The van der Waals surface area contributed by atoms with Crippen LogP contribution in [0.4, 0.5) is 0 Å². The van der Waals surface area contributed by atoms with Crippen molar-refractivity contribution in [3.8, 4) is 0 Å². The van der Waals surface area contributed by atoms with Gasteiger partial charge < -0.3 is 15.7 Å². The fraction of sp³-hybridized carbons (Fsp3) is 0.929. The summed E-state index contributed by atoms with van der Waals surface area (Å²) < 4.78 is 0. The van der Waals surface area contributed by atoms with Crippen LogP contribution in [0.5, 0.6) is 0 Å². The van der Waals surface area contributed by atoms with Gasteiger partial charge in [-0.25, -0.2) is 0 Å². The Kier molecular flexibility index (Phi) is 5.17. The summed E-state index contributed by atoms with van der Waals surface area (Å²) in [6.07, 6.45) is 5.06. The van der Waals surface area contributed by atoms with Crippen LogP contribution in [0.15, 0.2) is 0 Å². The fourth-order valence-electron chi connectivity index (χ4n) is 2.30. The molecule has 4 heteroatoms. The topological polar surface area (TPSA) is 61.4 Å². The van der Waals surface area contributed by atoms with Gasteiger partial charge in [-0.1, -0.05) is 19.3 Å². The van der Waals surface area contributed by atoms with Crippen LogP contribution in [0.1, 0.15) is 59.8 Å². The first-order valence-electron chi connectivity index (χ1n) is 7.00. The lowest BCUT2D eigenvalue weighted by Crippen LogP contribution is -2.53. The second kappa shape index (κ2) is 6.02. The standard InChI is InChI=1S/C14H28N2O2/c1-11(12(17)16-13(2,3)4)15-10-14(18)8-6-5-7-9-14/h11,15,18H,5-10H2,1-4H3,(H,16,17). The third kappa shape index (κ3) is 5.36. The molecule has 1 aliphatic rings. The predicted octanol–water partition coefficient (Wildman–Crippen LogP) is 1.57. The SMILES string of the molecule is CC(NCC1(O)CCCCC1)C(=O)NC(C)(C)C. The van der Waals surface area contributed by atoms with Crippen LogP contribution in [-0.2, 0) is 4.79 Å². The summed E-state index contributed by atoms with van der Waals surface area (Å²) in [7, 11) is 0. The molecule has 0 heterocycles. The second-order valence-corrected chi connectivity index (χ2v) is 6.63. The van der Waals surface area contributed by atoms with Crippen molar-refractivity contribution in [2.75, 3.05) is 6.54 Å². The van der Waals surface area contributed by atoms with E-state index < -0.39 is 5.60 Å². The van der Waals surface area contributed by atoms with E-state index in [-0.39, 0.29) is 17.5 Å². The maximum Gasteiger partial charge on any atom is 0.237 e. The Bertz CT molecular complexity index is 278. The van der Waals surface area contributed by atoms with E-state index in [1.807, 2.05) is 27.7 Å². The molecule has 1 fully saturated rings. The molecule has 0 bridgehead atoms. The molecule has 0 aromatic rings. The maximum absolute atomic E-state index is 11.9. The lowest BCUT2D eigenvalue weighted by atomic mass is 9.85. The van der Waals surface area contributed by atoms with Crippen molar-refractivity contribution in [3.63, 3.8) is 0 Å². The molecule has 0 saturated heterocycles. The number of nitrogens with one attached hydrogen (secondary N) is 2. The summed E-state index contributed by atoms with van der Waals surface area (Å²) in [5.41, 5.74) is -0.830. The Morgan fingerprint density at radius 3 is 2.33 bits per heavy atom. The number of carbonyl (C=O) groups is 1. The van der Waals surface area contributed by atoms with E-state index >= 15 is 0 Å². The average molecular weight is 256 g/mol. The van der Waals surface area contributed by atoms with Crippen molar-refractivity contribution < 1.29 is 9.90 Å². The molecule has 0 spiro atoms. The number of hydrogen-bond donors (Lipinski definition) is 3. The van der Waals surface area contributed by atoms with Crippen molar-refractivity contribution in [2.45, 2.75) is 77.0 Å². The molecule has 0 aromatic heterocycles. The van der Waals surface area contributed by atoms with Crippen molar-refractivity contribution in [1.29, 1.82) is 0 Å². The average Bonchev–Trinajstić information content (AvgIpc) is 2.24. The third-order valence-corrected chi connectivity index (χ3v) is 3.41. The molecule has 0 radical (unpaired) electrons. The number of rotatable bonds is 4. The zero-order chi connectivity index (χ0) is 13.8. The minimum absolute atomic E-state index is 0.0121. The number of carbonyl (C=O) groups excluding carboxylic acids is 1. The van der Waals surface area contributed by atoms with E-state index in [1.165, 1.54) is 6.42 Å². The molecule has 4 nitrogen and oxygen atoms in total. The molecular weight excluding hydrogens is 228 g/mol. The molecule has 1 amide bonds. The zero-order valence-electron chi connectivity index (χ0n) is 12.2. The monoisotopic (exact) mass is 256 g/mol. The number of hydrogen-bond acceptors (Lipinski definition) is 3. The predicted molar refractivity (Wildman–Crippen MR) is 73.4 cm³/mol. The van der Waals surface area contributed by atoms with Gasteiger partial charge in [0, 0.05) is 12.1 Å². The fourth-order valence-corrected chi connectivity index (χ4v) is 2.30. The van der Waals surface area contributed by atoms with Crippen LogP contribution < -0.4 is 10.6 Å². The Balaban J connectivity index is 2.35. The highest BCUT2D eigenvalue weighted by Crippen LogP contribution is 2.27. The zero-order valence-corrected chi connectivity index (χ0v) is 12.2. The minimum atomic E-state index is -0.617. The highest BCUT2D eigenvalue weighted by atomic mass is 16.3. The summed E-state index contributed by atoms with van der Waals surface area (Å²) >= 11 is 0. The van der Waals surface area contributed by atoms with Gasteiger partial charge in [0.15, 0.2) is 0 Å². The summed E-state index contributed by atoms with van der Waals surface area (Å²) in [6, 6.07) is -0.268. The molecule has 1 saturated carbocycles. The second-order valence-electron chi connectivity index (χ2n) is 6.63. The Morgan fingerprint density at radius 2 is 1.83 bits per heavy atom. The Morgan fingerprint density at radius 1 is 1.28 bits per heavy atom. The summed E-state index contributed by atoms with van der Waals surface area (Å²) in [5.74, 6) is -0.0121. The van der Waals surface area contributed by atoms with Gasteiger partial charge in [-0.15, -0.1) is 0 Å². The van der Waals surface area contributed by atoms with Crippen LogP contribution in [0, 0.1) is 0 Å². The normalized spacial score (nSPS) is 21.4. The highest BCUT2D eigenvalue weighted by Gasteiger charge is 2.30. The van der Waals surface area contributed by atoms with Crippen molar-refractivity contribution >= 4 is 5.91 Å². The molecule has 1 atom stereocenters. The van der Waals surface area contributed by atoms with Gasteiger partial charge in [0.05, 0.1) is 11.6 Å². The largest absolute Gasteiger partial charge is 0.389 e. The van der Waals surface area contributed by atoms with Gasteiger partial charge in [-0.05, 0) is 40.5 Å². The first kappa shape index (κ1) is 15.4. The minimum Gasteiger partial charge on any atom is -0.389 e. The van der Waals surface area contributed by atoms with E-state index in [4.69, 9.17) is 0 Å². The van der Waals surface area contributed by atoms with Crippen LogP contribution >= 0.6 is 0 Å². The summed E-state index contributed by atoms with van der Waals surface area (Å²) in [4.78, 5) is 11.9. The van der Waals surface area contributed by atoms with Gasteiger partial charge in [0.1, 0.15) is 0 Å². The lowest BCUT2D eigenvalue weighted by molar-refractivity contribution is -0.124.